The summed E-state index contributed by atoms with van der Waals surface area (Å²) in [6, 6.07) is 1.77. The maximum absolute atomic E-state index is 12.8. The minimum absolute atomic E-state index is 0.342. The summed E-state index contributed by atoms with van der Waals surface area (Å²) in [4.78, 5) is -1.14. The highest BCUT2D eigenvalue weighted by Crippen LogP contribution is 2.35. The van der Waals surface area contributed by atoms with Crippen molar-refractivity contribution in [3.63, 3.8) is 0 Å². The van der Waals surface area contributed by atoms with Crippen LogP contribution in [0.4, 0.5) is 18.9 Å². The van der Waals surface area contributed by atoms with Gasteiger partial charge in [-0.15, -0.1) is 0 Å². The number of sulfonamides is 1. The number of hydrogen-bond donors (Lipinski definition) is 3. The van der Waals surface area contributed by atoms with Crippen molar-refractivity contribution in [3.8, 4) is 0 Å². The zero-order valence-electron chi connectivity index (χ0n) is 9.89. The molecule has 0 aliphatic carbocycles. The van der Waals surface area contributed by atoms with Crippen molar-refractivity contribution in [2.75, 3.05) is 11.8 Å². The fraction of sp³-hybridized carbons (Fsp3) is 0.250. The second kappa shape index (κ2) is 5.20. The van der Waals surface area contributed by atoms with Crippen LogP contribution in [0.15, 0.2) is 23.1 Å². The van der Waals surface area contributed by atoms with E-state index in [9.17, 15) is 30.0 Å². The normalized spacial score (nSPS) is 13.2. The van der Waals surface area contributed by atoms with Gasteiger partial charge in [-0.2, -0.15) is 21.6 Å². The number of rotatable bonds is 4. The molecule has 7 nitrogen and oxygen atoms in total. The molecule has 0 bridgehead atoms. The van der Waals surface area contributed by atoms with Crippen LogP contribution < -0.4 is 14.6 Å². The lowest BCUT2D eigenvalue weighted by atomic mass is 10.2. The van der Waals surface area contributed by atoms with Gasteiger partial charge in [-0.3, -0.25) is 4.72 Å². The Hall–Kier alpha value is -1.37. The Morgan fingerprint density at radius 2 is 1.70 bits per heavy atom. The average Bonchev–Trinajstić information content (AvgIpc) is 2.25. The molecular weight excluding hydrogens is 323 g/mol. The quantitative estimate of drug-likeness (QED) is 0.731. The molecule has 12 heteroatoms. The average molecular weight is 333 g/mol. The summed E-state index contributed by atoms with van der Waals surface area (Å²) in [6.07, 6.45) is -5.01. The van der Waals surface area contributed by atoms with Gasteiger partial charge in [0.05, 0.1) is 16.1 Å². The number of nitrogens with one attached hydrogen (secondary N) is 2. The van der Waals surface area contributed by atoms with Gasteiger partial charge < -0.3 is 0 Å². The van der Waals surface area contributed by atoms with E-state index in [4.69, 9.17) is 0 Å². The van der Waals surface area contributed by atoms with E-state index in [1.807, 2.05) is 4.72 Å². The number of anilines is 1. The molecule has 4 N–H and O–H groups in total. The smallest absolute Gasteiger partial charge is 0.271 e. The molecule has 114 valence electrons. The van der Waals surface area contributed by atoms with Crippen LogP contribution in [0.5, 0.6) is 0 Å². The summed E-state index contributed by atoms with van der Waals surface area (Å²) < 4.78 is 86.4. The van der Waals surface area contributed by atoms with E-state index >= 15 is 0 Å². The lowest BCUT2D eigenvalue weighted by molar-refractivity contribution is -0.139. The summed E-state index contributed by atoms with van der Waals surface area (Å²) >= 11 is 0. The summed E-state index contributed by atoms with van der Waals surface area (Å²) in [5, 5.41) is 4.68. The van der Waals surface area contributed by atoms with E-state index in [1.54, 1.807) is 4.72 Å². The molecule has 0 amide bonds. The highest BCUT2D eigenvalue weighted by atomic mass is 32.2. The van der Waals surface area contributed by atoms with E-state index in [2.05, 4.69) is 5.14 Å². The third-order valence-electron chi connectivity index (χ3n) is 2.11. The van der Waals surface area contributed by atoms with Crippen LogP contribution >= 0.6 is 0 Å². The molecule has 20 heavy (non-hydrogen) atoms. The summed E-state index contributed by atoms with van der Waals surface area (Å²) in [7, 11) is -7.58. The Labute approximate surface area is 113 Å². The highest BCUT2D eigenvalue weighted by molar-refractivity contribution is 7.90. The van der Waals surface area contributed by atoms with Gasteiger partial charge in [0.2, 0.25) is 10.0 Å². The number of alkyl halides is 3. The molecule has 0 aliphatic heterocycles. The first-order chi connectivity index (χ1) is 8.87. The zero-order chi connectivity index (χ0) is 15.8. The second-order valence-electron chi connectivity index (χ2n) is 3.56. The van der Waals surface area contributed by atoms with Crippen molar-refractivity contribution in [1.82, 2.24) is 4.72 Å². The maximum Gasteiger partial charge on any atom is 0.417 e. The molecule has 0 saturated heterocycles. The van der Waals surface area contributed by atoms with Crippen molar-refractivity contribution in [1.29, 1.82) is 0 Å². The first kappa shape index (κ1) is 16.7. The van der Waals surface area contributed by atoms with Crippen LogP contribution in [0.3, 0.4) is 0 Å². The van der Waals surface area contributed by atoms with E-state index in [0.717, 1.165) is 13.1 Å². The van der Waals surface area contributed by atoms with Crippen molar-refractivity contribution in [2.24, 2.45) is 5.14 Å². The standard InChI is InChI=1S/C8H10F3N3O4S2/c1-13-20(17,18)14-5-2-3-7(19(12,15)16)6(4-5)8(9,10)11/h2-4,13-14H,1H3,(H2,12,15,16). The maximum atomic E-state index is 12.8. The molecule has 0 saturated carbocycles. The molecule has 0 fully saturated rings. The summed E-state index contributed by atoms with van der Waals surface area (Å²) in [5.41, 5.74) is -2.02. The Kier molecular flexibility index (Phi) is 4.34. The fourth-order valence-electron chi connectivity index (χ4n) is 1.27. The van der Waals surface area contributed by atoms with Gasteiger partial charge in [-0.1, -0.05) is 0 Å². The molecule has 0 aliphatic rings. The van der Waals surface area contributed by atoms with Gasteiger partial charge in [-0.25, -0.2) is 18.3 Å². The van der Waals surface area contributed by atoms with Crippen LogP contribution in [0.25, 0.3) is 0 Å². The molecule has 0 heterocycles. The molecule has 0 unspecified atom stereocenters. The third-order valence-corrected chi connectivity index (χ3v) is 4.12. The molecule has 0 aromatic heterocycles. The van der Waals surface area contributed by atoms with Crippen molar-refractivity contribution in [2.45, 2.75) is 11.1 Å². The van der Waals surface area contributed by atoms with Gasteiger partial charge in [0.1, 0.15) is 0 Å². The molecule has 0 radical (unpaired) electrons. The molecule has 1 aromatic rings. The Balaban J connectivity index is 3.45. The Bertz CT molecular complexity index is 713. The Morgan fingerprint density at radius 3 is 2.10 bits per heavy atom. The number of nitrogens with two attached hydrogens (primary N) is 1. The monoisotopic (exact) mass is 333 g/mol. The van der Waals surface area contributed by atoms with Gasteiger partial charge >= 0.3 is 6.18 Å². The summed E-state index contributed by atoms with van der Waals surface area (Å²) in [5.74, 6) is 0. The topological polar surface area (TPSA) is 118 Å². The minimum atomic E-state index is -5.01. The molecule has 0 atom stereocenters. The third kappa shape index (κ3) is 4.06. The Morgan fingerprint density at radius 1 is 1.15 bits per heavy atom. The zero-order valence-corrected chi connectivity index (χ0v) is 11.5. The SMILES string of the molecule is CNS(=O)(=O)Nc1ccc(S(N)(=O)=O)c(C(F)(F)F)c1. The largest absolute Gasteiger partial charge is 0.417 e. The van der Waals surface area contributed by atoms with Crippen LogP contribution in [-0.2, 0) is 26.4 Å². The fourth-order valence-corrected chi connectivity index (χ4v) is 2.55. The minimum Gasteiger partial charge on any atom is -0.271 e. The molecule has 0 spiro atoms. The van der Waals surface area contributed by atoms with E-state index in [-0.39, 0.29) is 0 Å². The van der Waals surface area contributed by atoms with Gasteiger partial charge in [-0.05, 0) is 18.2 Å². The lowest BCUT2D eigenvalue weighted by Crippen LogP contribution is -2.27. The second-order valence-corrected chi connectivity index (χ2v) is 6.71. The van der Waals surface area contributed by atoms with Crippen LogP contribution in [0.2, 0.25) is 0 Å². The lowest BCUT2D eigenvalue weighted by Gasteiger charge is -2.14. The van der Waals surface area contributed by atoms with E-state index in [1.165, 1.54) is 0 Å². The predicted molar refractivity (Wildman–Crippen MR) is 64.4 cm³/mol. The highest BCUT2D eigenvalue weighted by Gasteiger charge is 2.36. The van der Waals surface area contributed by atoms with Crippen molar-refractivity contribution in [3.05, 3.63) is 23.8 Å². The van der Waals surface area contributed by atoms with Crippen LogP contribution in [0, 0.1) is 0 Å². The van der Waals surface area contributed by atoms with Crippen molar-refractivity contribution >= 4 is 25.9 Å². The van der Waals surface area contributed by atoms with Crippen LogP contribution in [0.1, 0.15) is 5.56 Å². The van der Waals surface area contributed by atoms with Gasteiger partial charge in [0.15, 0.2) is 0 Å². The molecule has 1 rings (SSSR count). The summed E-state index contributed by atoms with van der Waals surface area (Å²) in [6.45, 7) is 0. The van der Waals surface area contributed by atoms with Gasteiger partial charge in [0, 0.05) is 7.05 Å². The first-order valence-electron chi connectivity index (χ1n) is 4.82. The predicted octanol–water partition coefficient (Wildman–Crippen LogP) is 0.229. The molecule has 1 aromatic carbocycles. The number of hydrogen-bond acceptors (Lipinski definition) is 4. The number of primary sulfonamides is 1. The first-order valence-corrected chi connectivity index (χ1v) is 7.85. The van der Waals surface area contributed by atoms with E-state index < -0.39 is 42.6 Å². The number of benzene rings is 1. The van der Waals surface area contributed by atoms with E-state index in [0.29, 0.717) is 12.1 Å². The van der Waals surface area contributed by atoms with Crippen LogP contribution in [-0.4, -0.2) is 23.9 Å². The molecular formula is C8H10F3N3O4S2. The number of halogens is 3. The van der Waals surface area contributed by atoms with Gasteiger partial charge in [0.25, 0.3) is 10.2 Å². The van der Waals surface area contributed by atoms with Crippen molar-refractivity contribution < 1.29 is 30.0 Å².